The number of anilines is 2. The first-order valence-corrected chi connectivity index (χ1v) is 12.2. The first-order chi connectivity index (χ1) is 17.7. The van der Waals surface area contributed by atoms with E-state index >= 15 is 0 Å². The van der Waals surface area contributed by atoms with Crippen molar-refractivity contribution in [1.82, 2.24) is 19.9 Å². The van der Waals surface area contributed by atoms with Crippen molar-refractivity contribution in [3.8, 4) is 11.3 Å². The van der Waals surface area contributed by atoms with E-state index in [1.165, 1.54) is 12.1 Å². The van der Waals surface area contributed by atoms with E-state index in [-0.39, 0.29) is 12.2 Å². The molecule has 0 saturated carbocycles. The number of fused-ring (bicyclic) bond motifs is 1. The van der Waals surface area contributed by atoms with E-state index in [1.807, 2.05) is 51.1 Å². The molecule has 0 aliphatic carbocycles. The van der Waals surface area contributed by atoms with Gasteiger partial charge in [0.05, 0.1) is 35.5 Å². The average Bonchev–Trinajstić information content (AvgIpc) is 2.83. The summed E-state index contributed by atoms with van der Waals surface area (Å²) in [6.07, 6.45) is -2.42. The van der Waals surface area contributed by atoms with Crippen molar-refractivity contribution in [2.75, 3.05) is 18.4 Å². The molecule has 3 heterocycles. The van der Waals surface area contributed by atoms with Gasteiger partial charge < -0.3 is 10.1 Å². The fourth-order valence-corrected chi connectivity index (χ4v) is 4.77. The summed E-state index contributed by atoms with van der Waals surface area (Å²) in [6, 6.07) is 14.7. The van der Waals surface area contributed by atoms with Crippen LogP contribution in [-0.4, -0.2) is 45.1 Å². The molecule has 5 rings (SSSR count). The second-order valence-corrected chi connectivity index (χ2v) is 9.54. The van der Waals surface area contributed by atoms with Crippen molar-refractivity contribution < 1.29 is 17.9 Å². The van der Waals surface area contributed by atoms with Crippen LogP contribution in [0.4, 0.5) is 24.7 Å². The van der Waals surface area contributed by atoms with Crippen LogP contribution in [0.15, 0.2) is 60.8 Å². The topological polar surface area (TPSA) is 63.2 Å². The Kier molecular flexibility index (Phi) is 6.83. The van der Waals surface area contributed by atoms with E-state index in [0.29, 0.717) is 23.9 Å². The van der Waals surface area contributed by atoms with E-state index in [9.17, 15) is 13.2 Å². The van der Waals surface area contributed by atoms with Gasteiger partial charge in [0.15, 0.2) is 0 Å². The zero-order valence-corrected chi connectivity index (χ0v) is 20.9. The minimum atomic E-state index is -4.39. The summed E-state index contributed by atoms with van der Waals surface area (Å²) in [4.78, 5) is 16.5. The standard InChI is InChI=1S/C28H28F3N5O/c1-17-5-4-12-32-26(17)20-6-11-23-24(13-20)34-25(16-36-14-18(2)37-19(3)15-36)35-27(23)33-22-9-7-21(8-10-22)28(29,30)31/h4-13,18-19H,14-16H2,1-3H3,(H,33,34,35)/t18-,19+. The maximum atomic E-state index is 13.0. The number of benzene rings is 2. The van der Waals surface area contributed by atoms with E-state index < -0.39 is 11.7 Å². The average molecular weight is 508 g/mol. The molecule has 2 aromatic carbocycles. The highest BCUT2D eigenvalue weighted by Gasteiger charge is 2.30. The van der Waals surface area contributed by atoms with Crippen molar-refractivity contribution in [2.24, 2.45) is 0 Å². The Bertz CT molecular complexity index is 1400. The number of nitrogens with one attached hydrogen (secondary N) is 1. The number of alkyl halides is 3. The summed E-state index contributed by atoms with van der Waals surface area (Å²) in [5.41, 5.74) is 3.41. The quantitative estimate of drug-likeness (QED) is 0.339. The maximum Gasteiger partial charge on any atom is 0.416 e. The number of hydrogen-bond acceptors (Lipinski definition) is 6. The van der Waals surface area contributed by atoms with Crippen LogP contribution in [0, 0.1) is 6.92 Å². The number of ether oxygens (including phenoxy) is 1. The third-order valence-corrected chi connectivity index (χ3v) is 6.36. The molecule has 4 aromatic rings. The van der Waals surface area contributed by atoms with Gasteiger partial charge in [-0.1, -0.05) is 12.1 Å². The molecular weight excluding hydrogens is 479 g/mol. The normalized spacial score (nSPS) is 18.8. The molecule has 192 valence electrons. The third-order valence-electron chi connectivity index (χ3n) is 6.36. The van der Waals surface area contributed by atoms with Gasteiger partial charge in [0.25, 0.3) is 0 Å². The van der Waals surface area contributed by atoms with Crippen LogP contribution < -0.4 is 5.32 Å². The number of halogens is 3. The van der Waals surface area contributed by atoms with E-state index in [1.54, 1.807) is 6.20 Å². The molecular formula is C28H28F3N5O. The summed E-state index contributed by atoms with van der Waals surface area (Å²) in [7, 11) is 0. The van der Waals surface area contributed by atoms with Gasteiger partial charge in [0.2, 0.25) is 0 Å². The van der Waals surface area contributed by atoms with Crippen LogP contribution in [0.25, 0.3) is 22.2 Å². The maximum absolute atomic E-state index is 13.0. The van der Waals surface area contributed by atoms with Crippen LogP contribution in [0.5, 0.6) is 0 Å². The lowest BCUT2D eigenvalue weighted by molar-refractivity contribution is -0.137. The zero-order valence-electron chi connectivity index (χ0n) is 20.9. The molecule has 0 radical (unpaired) electrons. The number of aryl methyl sites for hydroxylation is 1. The van der Waals surface area contributed by atoms with E-state index in [0.717, 1.165) is 52.9 Å². The molecule has 0 amide bonds. The molecule has 0 spiro atoms. The molecule has 2 atom stereocenters. The fourth-order valence-electron chi connectivity index (χ4n) is 4.77. The monoisotopic (exact) mass is 507 g/mol. The van der Waals surface area contributed by atoms with Crippen molar-refractivity contribution in [3.63, 3.8) is 0 Å². The molecule has 1 fully saturated rings. The molecule has 1 aliphatic heterocycles. The van der Waals surface area contributed by atoms with Crippen molar-refractivity contribution in [3.05, 3.63) is 77.7 Å². The highest BCUT2D eigenvalue weighted by molar-refractivity contribution is 5.93. The van der Waals surface area contributed by atoms with Crippen molar-refractivity contribution in [2.45, 2.75) is 45.7 Å². The summed E-state index contributed by atoms with van der Waals surface area (Å²) in [5, 5.41) is 3.98. The third kappa shape index (κ3) is 5.73. The predicted molar refractivity (Wildman–Crippen MR) is 138 cm³/mol. The largest absolute Gasteiger partial charge is 0.416 e. The highest BCUT2D eigenvalue weighted by Crippen LogP contribution is 2.32. The number of hydrogen-bond donors (Lipinski definition) is 1. The van der Waals surface area contributed by atoms with Gasteiger partial charge in [-0.05, 0) is 68.8 Å². The number of morpholine rings is 1. The minimum Gasteiger partial charge on any atom is -0.373 e. The van der Waals surface area contributed by atoms with Crippen LogP contribution in [0.1, 0.15) is 30.8 Å². The zero-order chi connectivity index (χ0) is 26.2. The second-order valence-electron chi connectivity index (χ2n) is 9.54. The Labute approximate surface area is 213 Å². The molecule has 1 aliphatic rings. The van der Waals surface area contributed by atoms with Gasteiger partial charge in [-0.3, -0.25) is 9.88 Å². The van der Waals surface area contributed by atoms with Crippen LogP contribution in [-0.2, 0) is 17.5 Å². The Hall–Kier alpha value is -3.56. The molecule has 0 bridgehead atoms. The molecule has 9 heteroatoms. The predicted octanol–water partition coefficient (Wildman–Crippen LogP) is 6.37. The smallest absolute Gasteiger partial charge is 0.373 e. The Morgan fingerprint density at radius 2 is 1.73 bits per heavy atom. The first kappa shape index (κ1) is 25.1. The van der Waals surface area contributed by atoms with E-state index in [2.05, 4.69) is 15.2 Å². The summed E-state index contributed by atoms with van der Waals surface area (Å²) in [5.74, 6) is 1.16. The van der Waals surface area contributed by atoms with Gasteiger partial charge in [-0.2, -0.15) is 13.2 Å². The Morgan fingerprint density at radius 1 is 1.00 bits per heavy atom. The molecule has 37 heavy (non-hydrogen) atoms. The number of aromatic nitrogens is 3. The molecule has 6 nitrogen and oxygen atoms in total. The van der Waals surface area contributed by atoms with Gasteiger partial charge in [0, 0.05) is 35.9 Å². The van der Waals surface area contributed by atoms with Crippen molar-refractivity contribution >= 4 is 22.4 Å². The highest BCUT2D eigenvalue weighted by atomic mass is 19.4. The number of pyridine rings is 1. The summed E-state index contributed by atoms with van der Waals surface area (Å²) < 4.78 is 45.0. The van der Waals surface area contributed by atoms with Crippen LogP contribution >= 0.6 is 0 Å². The molecule has 0 unspecified atom stereocenters. The van der Waals surface area contributed by atoms with Gasteiger partial charge in [-0.25, -0.2) is 9.97 Å². The molecule has 1 N–H and O–H groups in total. The number of nitrogens with zero attached hydrogens (tertiary/aromatic N) is 4. The molecule has 1 saturated heterocycles. The van der Waals surface area contributed by atoms with Gasteiger partial charge in [0.1, 0.15) is 11.6 Å². The minimum absolute atomic E-state index is 0.104. The summed E-state index contributed by atoms with van der Waals surface area (Å²) >= 11 is 0. The van der Waals surface area contributed by atoms with Crippen LogP contribution in [0.3, 0.4) is 0 Å². The first-order valence-electron chi connectivity index (χ1n) is 12.2. The van der Waals surface area contributed by atoms with Gasteiger partial charge in [-0.15, -0.1) is 0 Å². The number of rotatable bonds is 5. The second kappa shape index (κ2) is 10.1. The fraction of sp³-hybridized carbons (Fsp3) is 0.321. The molecule has 2 aromatic heterocycles. The van der Waals surface area contributed by atoms with Crippen molar-refractivity contribution in [1.29, 1.82) is 0 Å². The lowest BCUT2D eigenvalue weighted by atomic mass is 10.0. The van der Waals surface area contributed by atoms with Crippen LogP contribution in [0.2, 0.25) is 0 Å². The van der Waals surface area contributed by atoms with E-state index in [4.69, 9.17) is 14.7 Å². The Morgan fingerprint density at radius 3 is 2.41 bits per heavy atom. The SMILES string of the molecule is Cc1cccnc1-c1ccc2c(Nc3ccc(C(F)(F)F)cc3)nc(CN3C[C@@H](C)O[C@@H](C)C3)nc2c1. The summed E-state index contributed by atoms with van der Waals surface area (Å²) in [6.45, 7) is 8.16. The lowest BCUT2D eigenvalue weighted by Crippen LogP contribution is -2.45. The Balaban J connectivity index is 1.54. The lowest BCUT2D eigenvalue weighted by Gasteiger charge is -2.34. The van der Waals surface area contributed by atoms with Gasteiger partial charge >= 0.3 is 6.18 Å².